The number of aromatic nitrogens is 2. The highest BCUT2D eigenvalue weighted by Gasteiger charge is 2.55. The summed E-state index contributed by atoms with van der Waals surface area (Å²) in [5.74, 6) is -4.92. The number of halogens is 4. The summed E-state index contributed by atoms with van der Waals surface area (Å²) in [4.78, 5) is 60.5. The third-order valence-electron chi connectivity index (χ3n) is 6.43. The van der Waals surface area contributed by atoms with Crippen molar-refractivity contribution >= 4 is 69.2 Å². The van der Waals surface area contributed by atoms with E-state index in [0.29, 0.717) is 27.5 Å². The van der Waals surface area contributed by atoms with Crippen LogP contribution in [0.5, 0.6) is 0 Å². The van der Waals surface area contributed by atoms with Crippen molar-refractivity contribution in [1.82, 2.24) is 15.2 Å². The van der Waals surface area contributed by atoms with Crippen LogP contribution in [0.1, 0.15) is 11.3 Å². The molecule has 0 radical (unpaired) electrons. The molecule has 0 saturated carbocycles. The van der Waals surface area contributed by atoms with Gasteiger partial charge in [-0.1, -0.05) is 35.0 Å². The van der Waals surface area contributed by atoms with Gasteiger partial charge in [-0.05, 0) is 17.7 Å². The molecule has 45 heavy (non-hydrogen) atoms. The van der Waals surface area contributed by atoms with Crippen LogP contribution in [0.3, 0.4) is 0 Å². The second-order valence-corrected chi connectivity index (χ2v) is 11.9. The molecule has 3 amide bonds. The average Bonchev–Trinajstić information content (AvgIpc) is 3.46. The lowest BCUT2D eigenvalue weighted by molar-refractivity contribution is -0.689. The van der Waals surface area contributed by atoms with E-state index < -0.39 is 52.1 Å². The molecule has 2 aliphatic rings. The van der Waals surface area contributed by atoms with Gasteiger partial charge in [-0.15, -0.1) is 23.1 Å². The Balaban J connectivity index is 1.35. The number of nitrogens with zero attached hydrogens (tertiary/aromatic N) is 4. The van der Waals surface area contributed by atoms with Crippen molar-refractivity contribution in [3.63, 3.8) is 0 Å². The normalized spacial score (nSPS) is 18.2. The lowest BCUT2D eigenvalue weighted by Crippen LogP contribution is -2.71. The summed E-state index contributed by atoms with van der Waals surface area (Å²) in [5.41, 5.74) is 0.233. The minimum atomic E-state index is -5.17. The number of fused-ring (bicyclic) bond motifs is 1. The lowest BCUT2D eigenvalue weighted by Gasteiger charge is -2.49. The molecule has 0 bridgehead atoms. The van der Waals surface area contributed by atoms with Gasteiger partial charge < -0.3 is 15.3 Å². The molecule has 2 atom stereocenters. The largest absolute Gasteiger partial charge is 0.477 e. The Morgan fingerprint density at radius 1 is 1.18 bits per heavy atom. The first kappa shape index (κ1) is 31.9. The van der Waals surface area contributed by atoms with Gasteiger partial charge in [-0.25, -0.2) is 14.3 Å². The molecule has 1 fully saturated rings. The smallest absolute Gasteiger partial charge is 0.471 e. The fraction of sp³-hybridized carbons (Fsp3) is 0.222. The number of nitrogens with one attached hydrogen (secondary N) is 2. The molecule has 2 aromatic heterocycles. The van der Waals surface area contributed by atoms with Gasteiger partial charge >= 0.3 is 18.1 Å². The summed E-state index contributed by atoms with van der Waals surface area (Å²) < 4.78 is 39.9. The topological polar surface area (TPSA) is 154 Å². The van der Waals surface area contributed by atoms with Crippen molar-refractivity contribution in [3.8, 4) is 0 Å². The molecule has 4 heterocycles. The Hall–Kier alpha value is -4.48. The predicted molar refractivity (Wildman–Crippen MR) is 156 cm³/mol. The zero-order valence-corrected chi connectivity index (χ0v) is 25.0. The van der Waals surface area contributed by atoms with Crippen LogP contribution >= 0.6 is 34.7 Å². The number of pyridine rings is 1. The number of carbonyl (C=O) groups excluding carboxylic acids is 3. The maximum absolute atomic E-state index is 13.4. The van der Waals surface area contributed by atoms with Gasteiger partial charge in [0.1, 0.15) is 29.4 Å². The van der Waals surface area contributed by atoms with Crippen LogP contribution in [-0.4, -0.2) is 67.7 Å². The highest BCUT2D eigenvalue weighted by atomic mass is 35.5. The minimum absolute atomic E-state index is 0.126. The molecule has 234 valence electrons. The summed E-state index contributed by atoms with van der Waals surface area (Å²) in [6.07, 6.45) is -1.64. The van der Waals surface area contributed by atoms with Gasteiger partial charge in [-0.2, -0.15) is 13.2 Å². The number of carboxylic acids is 1. The molecule has 3 aromatic rings. The Morgan fingerprint density at radius 3 is 2.56 bits per heavy atom. The number of β-lactam (4-membered cyclic amide) rings is 1. The molecule has 3 N–H and O–H groups in total. The first-order chi connectivity index (χ1) is 21.4. The number of alkyl halides is 3. The molecule has 1 saturated heterocycles. The molecule has 12 nitrogen and oxygen atoms in total. The van der Waals surface area contributed by atoms with E-state index in [1.54, 1.807) is 58.7 Å². The monoisotopic (exact) mass is 681 g/mol. The number of carboxylic acid groups (broad SMARTS) is 1. The predicted octanol–water partition coefficient (Wildman–Crippen LogP) is 2.94. The van der Waals surface area contributed by atoms with Crippen molar-refractivity contribution in [1.29, 1.82) is 0 Å². The van der Waals surface area contributed by atoms with Gasteiger partial charge in [-0.3, -0.25) is 24.6 Å². The van der Waals surface area contributed by atoms with E-state index in [9.17, 15) is 37.5 Å². The lowest BCUT2D eigenvalue weighted by atomic mass is 10.0. The number of thiazole rings is 1. The molecular formula is C27H21ClF3N6O6S2+. The summed E-state index contributed by atoms with van der Waals surface area (Å²) in [6, 6.07) is 10.7. The van der Waals surface area contributed by atoms with Crippen molar-refractivity contribution in [2.45, 2.75) is 30.7 Å². The molecule has 1 unspecified atom stereocenters. The number of benzene rings is 1. The van der Waals surface area contributed by atoms with Crippen molar-refractivity contribution < 1.29 is 46.9 Å². The van der Waals surface area contributed by atoms with Crippen LogP contribution in [0, 0.1) is 0 Å². The zero-order valence-electron chi connectivity index (χ0n) is 22.7. The van der Waals surface area contributed by atoms with Gasteiger partial charge in [0.2, 0.25) is 0 Å². The summed E-state index contributed by atoms with van der Waals surface area (Å²) >= 11 is 7.75. The molecule has 5 rings (SSSR count). The maximum Gasteiger partial charge on any atom is 0.471 e. The van der Waals surface area contributed by atoms with Gasteiger partial charge in [0.15, 0.2) is 29.8 Å². The molecule has 1 aromatic carbocycles. The number of hydrogen-bond donors (Lipinski definition) is 3. The second-order valence-electron chi connectivity index (χ2n) is 9.50. The average molecular weight is 682 g/mol. The fourth-order valence-corrected chi connectivity index (χ4v) is 6.49. The van der Waals surface area contributed by atoms with Crippen LogP contribution in [0.2, 0.25) is 5.02 Å². The van der Waals surface area contributed by atoms with E-state index in [1.165, 1.54) is 17.1 Å². The SMILES string of the molecule is O=C(O)C1=C(C[n+]2ccccc2)CS[C@H]2C(NC(=O)C(=NOCc3ccc(Cl)cc3)c3csc(NC(=O)C(F)(F)F)n3)C(=O)N12. The summed E-state index contributed by atoms with van der Waals surface area (Å²) in [6.45, 7) is 0.112. The molecule has 0 aliphatic carbocycles. The third-order valence-corrected chi connectivity index (χ3v) is 8.78. The molecule has 0 spiro atoms. The van der Waals surface area contributed by atoms with Crippen molar-refractivity contribution in [2.24, 2.45) is 5.16 Å². The molecular weight excluding hydrogens is 661 g/mol. The zero-order chi connectivity index (χ0) is 32.3. The molecule has 18 heteroatoms. The Morgan fingerprint density at radius 2 is 1.89 bits per heavy atom. The van der Waals surface area contributed by atoms with E-state index in [2.05, 4.69) is 15.5 Å². The van der Waals surface area contributed by atoms with Gasteiger partial charge in [0.25, 0.3) is 11.8 Å². The van der Waals surface area contributed by atoms with Crippen molar-refractivity contribution in [2.75, 3.05) is 11.1 Å². The van der Waals surface area contributed by atoms with Crippen LogP contribution in [-0.2, 0) is 37.2 Å². The van der Waals surface area contributed by atoms with Crippen LogP contribution in [0.15, 0.2) is 76.7 Å². The Labute approximate surface area is 265 Å². The Kier molecular flexibility index (Phi) is 9.40. The quantitative estimate of drug-likeness (QED) is 0.128. The fourth-order valence-electron chi connectivity index (χ4n) is 4.34. The minimum Gasteiger partial charge on any atom is -0.477 e. The van der Waals surface area contributed by atoms with E-state index >= 15 is 0 Å². The highest BCUT2D eigenvalue weighted by molar-refractivity contribution is 8.00. The number of aliphatic carboxylic acids is 1. The van der Waals surface area contributed by atoms with E-state index in [0.717, 1.165) is 4.90 Å². The van der Waals surface area contributed by atoms with E-state index in [4.69, 9.17) is 16.4 Å². The number of anilines is 1. The van der Waals surface area contributed by atoms with Crippen LogP contribution < -0.4 is 15.2 Å². The summed E-state index contributed by atoms with van der Waals surface area (Å²) in [7, 11) is 0. The van der Waals surface area contributed by atoms with Crippen molar-refractivity contribution in [3.05, 3.63) is 87.8 Å². The number of carbonyl (C=O) groups is 4. The Bertz CT molecular complexity index is 1700. The van der Waals surface area contributed by atoms with Crippen LogP contribution in [0.4, 0.5) is 18.3 Å². The third kappa shape index (κ3) is 7.26. The summed E-state index contributed by atoms with van der Waals surface area (Å²) in [5, 5.41) is 18.4. The van der Waals surface area contributed by atoms with Gasteiger partial charge in [0, 0.05) is 33.9 Å². The number of rotatable bonds is 10. The number of amides is 3. The van der Waals surface area contributed by atoms with Gasteiger partial charge in [0.05, 0.1) is 0 Å². The van der Waals surface area contributed by atoms with Crippen LogP contribution in [0.25, 0.3) is 0 Å². The standard InChI is InChI=1S/C27H20ClF3N6O6S2/c28-16-6-4-14(5-7-16)11-43-35-18(17-13-45-26(32-17)34-25(42)27(29,30)31)21(38)33-19-22(39)37-20(24(40)41)15(12-44-23(19)37)10-36-8-2-1-3-9-36/h1-9,13,19,23H,10-12H2,(H2-,32,33,34,38,40,41,42)/p+1/t19?,23-/m0/s1. The number of oxime groups is 1. The highest BCUT2D eigenvalue weighted by Crippen LogP contribution is 2.40. The first-order valence-corrected chi connectivity index (χ1v) is 15.2. The second kappa shape index (κ2) is 13.3. The molecule has 2 aliphatic heterocycles. The maximum atomic E-state index is 13.4. The van der Waals surface area contributed by atoms with E-state index in [1.807, 2.05) is 6.07 Å². The first-order valence-electron chi connectivity index (χ1n) is 12.9. The van der Waals surface area contributed by atoms with E-state index in [-0.39, 0.29) is 30.3 Å². The number of thioether (sulfide) groups is 1. The number of hydrogen-bond acceptors (Lipinski definition) is 9.